The van der Waals surface area contributed by atoms with E-state index in [1.807, 2.05) is 0 Å². The van der Waals surface area contributed by atoms with E-state index in [1.165, 1.54) is 19.3 Å². The Hall–Kier alpha value is -0.590. The van der Waals surface area contributed by atoms with Crippen LogP contribution in [-0.2, 0) is 4.79 Å². The predicted octanol–water partition coefficient (Wildman–Crippen LogP) is 2.71. The van der Waals surface area contributed by atoms with Crippen molar-refractivity contribution in [3.8, 4) is 0 Å². The van der Waals surface area contributed by atoms with E-state index in [4.69, 9.17) is 0 Å². The van der Waals surface area contributed by atoms with Gasteiger partial charge >= 0.3 is 0 Å². The van der Waals surface area contributed by atoms with Gasteiger partial charge < -0.3 is 0 Å². The molecule has 0 aromatic carbocycles. The van der Waals surface area contributed by atoms with Crippen molar-refractivity contribution >= 4 is 5.78 Å². The monoisotopic (exact) mass is 152 g/mol. The smallest absolute Gasteiger partial charge is 0.158 e. The summed E-state index contributed by atoms with van der Waals surface area (Å²) in [5.74, 6) is 0.813. The minimum absolute atomic E-state index is 0.297. The van der Waals surface area contributed by atoms with E-state index in [9.17, 15) is 4.79 Å². The number of ketones is 1. The molecule has 0 amide bonds. The standard InChI is InChI=1S/C10H16O/c1-3-4-5-9-6-7-10(11)8(9)2/h9H,2-7H2,1H3/t9-/m1/s1. The molecule has 1 rings (SSSR count). The molecule has 1 fully saturated rings. The predicted molar refractivity (Wildman–Crippen MR) is 46.4 cm³/mol. The van der Waals surface area contributed by atoms with Crippen molar-refractivity contribution in [2.24, 2.45) is 5.92 Å². The maximum atomic E-state index is 11.0. The van der Waals surface area contributed by atoms with Crippen LogP contribution in [0.3, 0.4) is 0 Å². The number of unbranched alkanes of at least 4 members (excludes halogenated alkanes) is 1. The van der Waals surface area contributed by atoms with Crippen LogP contribution in [0.2, 0.25) is 0 Å². The van der Waals surface area contributed by atoms with E-state index in [2.05, 4.69) is 13.5 Å². The molecule has 11 heavy (non-hydrogen) atoms. The Balaban J connectivity index is 2.36. The molecule has 0 radical (unpaired) electrons. The molecule has 0 unspecified atom stereocenters. The summed E-state index contributed by atoms with van der Waals surface area (Å²) in [5, 5.41) is 0. The van der Waals surface area contributed by atoms with E-state index in [-0.39, 0.29) is 0 Å². The zero-order valence-corrected chi connectivity index (χ0v) is 7.23. The molecule has 62 valence electrons. The Morgan fingerprint density at radius 2 is 2.36 bits per heavy atom. The topological polar surface area (TPSA) is 17.1 Å². The molecule has 0 spiro atoms. The first-order chi connectivity index (χ1) is 5.25. The summed E-state index contributed by atoms with van der Waals surface area (Å²) in [5.41, 5.74) is 0.887. The number of hydrogen-bond acceptors (Lipinski definition) is 1. The summed E-state index contributed by atoms with van der Waals surface area (Å²) in [6.07, 6.45) is 5.42. The van der Waals surface area contributed by atoms with E-state index in [0.717, 1.165) is 18.4 Å². The van der Waals surface area contributed by atoms with Crippen molar-refractivity contribution in [1.82, 2.24) is 0 Å². The van der Waals surface area contributed by atoms with Crippen molar-refractivity contribution in [3.05, 3.63) is 12.2 Å². The molecule has 0 N–H and O–H groups in total. The summed E-state index contributed by atoms with van der Waals surface area (Å²) in [4.78, 5) is 11.0. The Kier molecular flexibility index (Phi) is 2.86. The van der Waals surface area contributed by atoms with Crippen molar-refractivity contribution in [2.45, 2.75) is 39.0 Å². The van der Waals surface area contributed by atoms with Gasteiger partial charge in [0.2, 0.25) is 0 Å². The van der Waals surface area contributed by atoms with Gasteiger partial charge in [-0.2, -0.15) is 0 Å². The highest BCUT2D eigenvalue weighted by atomic mass is 16.1. The molecule has 0 aromatic heterocycles. The molecule has 1 aliphatic rings. The van der Waals surface area contributed by atoms with Crippen LogP contribution in [0.5, 0.6) is 0 Å². The number of Topliss-reactive ketones (excluding diaryl/α,β-unsaturated/α-hetero) is 1. The first kappa shape index (κ1) is 8.51. The van der Waals surface area contributed by atoms with Gasteiger partial charge in [0.25, 0.3) is 0 Å². The fourth-order valence-electron chi connectivity index (χ4n) is 1.64. The summed E-state index contributed by atoms with van der Waals surface area (Å²) < 4.78 is 0. The second kappa shape index (κ2) is 3.70. The summed E-state index contributed by atoms with van der Waals surface area (Å²) in [6.45, 7) is 6.00. The van der Waals surface area contributed by atoms with Gasteiger partial charge in [-0.1, -0.05) is 26.3 Å². The van der Waals surface area contributed by atoms with Crippen molar-refractivity contribution in [1.29, 1.82) is 0 Å². The summed E-state index contributed by atoms with van der Waals surface area (Å²) >= 11 is 0. The van der Waals surface area contributed by atoms with Crippen LogP contribution >= 0.6 is 0 Å². The molecule has 1 atom stereocenters. The van der Waals surface area contributed by atoms with Crippen molar-refractivity contribution in [3.63, 3.8) is 0 Å². The molecule has 0 aromatic rings. The fourth-order valence-corrected chi connectivity index (χ4v) is 1.64. The maximum absolute atomic E-state index is 11.0. The number of rotatable bonds is 3. The largest absolute Gasteiger partial charge is 0.295 e. The van der Waals surface area contributed by atoms with Gasteiger partial charge in [0, 0.05) is 6.42 Å². The SMILES string of the molecule is C=C1C(=O)CC[C@H]1CCCC. The van der Waals surface area contributed by atoms with Crippen LogP contribution in [-0.4, -0.2) is 5.78 Å². The number of hydrogen-bond donors (Lipinski definition) is 0. The highest BCUT2D eigenvalue weighted by Gasteiger charge is 2.25. The lowest BCUT2D eigenvalue weighted by molar-refractivity contribution is -0.114. The van der Waals surface area contributed by atoms with Crippen molar-refractivity contribution in [2.75, 3.05) is 0 Å². The van der Waals surface area contributed by atoms with E-state index in [1.54, 1.807) is 0 Å². The van der Waals surface area contributed by atoms with Gasteiger partial charge in [-0.3, -0.25) is 4.79 Å². The Morgan fingerprint density at radius 3 is 2.82 bits per heavy atom. The molecule has 1 aliphatic carbocycles. The van der Waals surface area contributed by atoms with E-state index >= 15 is 0 Å². The van der Waals surface area contributed by atoms with Crippen LogP contribution in [0.15, 0.2) is 12.2 Å². The zero-order valence-electron chi connectivity index (χ0n) is 7.23. The molecular weight excluding hydrogens is 136 g/mol. The first-order valence-electron chi connectivity index (χ1n) is 4.47. The lowest BCUT2D eigenvalue weighted by Crippen LogP contribution is -1.99. The molecule has 0 heterocycles. The normalized spacial score (nSPS) is 24.6. The first-order valence-corrected chi connectivity index (χ1v) is 4.47. The molecule has 1 heteroatoms. The molecular formula is C10H16O. The fraction of sp³-hybridized carbons (Fsp3) is 0.700. The second-order valence-electron chi connectivity index (χ2n) is 3.33. The van der Waals surface area contributed by atoms with Crippen molar-refractivity contribution < 1.29 is 4.79 Å². The molecule has 0 aliphatic heterocycles. The minimum atomic E-state index is 0.297. The highest BCUT2D eigenvalue weighted by Crippen LogP contribution is 2.30. The molecule has 1 saturated carbocycles. The summed E-state index contributed by atoms with van der Waals surface area (Å²) in [6, 6.07) is 0. The summed E-state index contributed by atoms with van der Waals surface area (Å²) in [7, 11) is 0. The van der Waals surface area contributed by atoms with Gasteiger partial charge in [0.1, 0.15) is 0 Å². The third-order valence-corrected chi connectivity index (χ3v) is 2.48. The van der Waals surface area contributed by atoms with Crippen LogP contribution in [0, 0.1) is 5.92 Å². The number of allylic oxidation sites excluding steroid dienone is 1. The minimum Gasteiger partial charge on any atom is -0.295 e. The lowest BCUT2D eigenvalue weighted by Gasteiger charge is -2.07. The van der Waals surface area contributed by atoms with E-state index < -0.39 is 0 Å². The quantitative estimate of drug-likeness (QED) is 0.568. The number of carbonyl (C=O) groups excluding carboxylic acids is 1. The molecule has 0 saturated heterocycles. The third kappa shape index (κ3) is 1.92. The average molecular weight is 152 g/mol. The number of carbonyl (C=O) groups is 1. The van der Waals surface area contributed by atoms with Gasteiger partial charge in [-0.05, 0) is 24.3 Å². The Labute approximate surface area is 68.5 Å². The Morgan fingerprint density at radius 1 is 1.64 bits per heavy atom. The van der Waals surface area contributed by atoms with E-state index in [0.29, 0.717) is 11.7 Å². The Bertz CT molecular complexity index is 170. The maximum Gasteiger partial charge on any atom is 0.158 e. The third-order valence-electron chi connectivity index (χ3n) is 2.48. The van der Waals surface area contributed by atoms with Crippen LogP contribution in [0.1, 0.15) is 39.0 Å². The van der Waals surface area contributed by atoms with Crippen LogP contribution < -0.4 is 0 Å². The molecule has 1 nitrogen and oxygen atoms in total. The van der Waals surface area contributed by atoms with Gasteiger partial charge in [-0.25, -0.2) is 0 Å². The highest BCUT2D eigenvalue weighted by molar-refractivity contribution is 5.97. The second-order valence-corrected chi connectivity index (χ2v) is 3.33. The lowest BCUT2D eigenvalue weighted by atomic mass is 9.97. The average Bonchev–Trinajstić information content (AvgIpc) is 2.31. The van der Waals surface area contributed by atoms with Gasteiger partial charge in [0.15, 0.2) is 5.78 Å². The van der Waals surface area contributed by atoms with Crippen LogP contribution in [0.4, 0.5) is 0 Å². The van der Waals surface area contributed by atoms with Crippen LogP contribution in [0.25, 0.3) is 0 Å². The van der Waals surface area contributed by atoms with Gasteiger partial charge in [0.05, 0.1) is 0 Å². The molecule has 0 bridgehead atoms. The zero-order chi connectivity index (χ0) is 8.27. The van der Waals surface area contributed by atoms with Gasteiger partial charge in [-0.15, -0.1) is 0 Å².